The van der Waals surface area contributed by atoms with Crippen molar-refractivity contribution in [3.8, 4) is 11.1 Å². The van der Waals surface area contributed by atoms with Crippen LogP contribution in [0.2, 0.25) is 0 Å². The van der Waals surface area contributed by atoms with Crippen LogP contribution in [0.15, 0.2) is 84.0 Å². The molecule has 2 heterocycles. The van der Waals surface area contributed by atoms with E-state index in [0.717, 1.165) is 44.6 Å². The maximum Gasteiger partial charge on any atom is 0.240 e. The highest BCUT2D eigenvalue weighted by Gasteiger charge is 2.33. The molecule has 0 N–H and O–H groups in total. The van der Waals surface area contributed by atoms with E-state index in [0.29, 0.717) is 6.42 Å². The Kier molecular flexibility index (Phi) is 5.06. The average molecular weight is 420 g/mol. The van der Waals surface area contributed by atoms with Gasteiger partial charge in [-0.3, -0.25) is 9.78 Å². The summed E-state index contributed by atoms with van der Waals surface area (Å²) in [6.07, 6.45) is 0.656. The number of hydrogen-bond donors (Lipinski definition) is 0. The molecule has 1 aliphatic heterocycles. The minimum Gasteiger partial charge on any atom is -0.273 e. The van der Waals surface area contributed by atoms with E-state index in [1.54, 1.807) is 11.9 Å². The van der Waals surface area contributed by atoms with Crippen molar-refractivity contribution in [1.29, 1.82) is 0 Å². The van der Waals surface area contributed by atoms with Crippen LogP contribution in [0, 0.1) is 13.8 Å². The van der Waals surface area contributed by atoms with Crippen molar-refractivity contribution in [1.82, 2.24) is 9.99 Å². The first-order chi connectivity index (χ1) is 15.5. The van der Waals surface area contributed by atoms with Crippen LogP contribution in [0.25, 0.3) is 22.0 Å². The maximum atomic E-state index is 12.5. The van der Waals surface area contributed by atoms with Crippen molar-refractivity contribution in [2.75, 3.05) is 0 Å². The molecule has 1 atom stereocenters. The highest BCUT2D eigenvalue weighted by atomic mass is 16.2. The summed E-state index contributed by atoms with van der Waals surface area (Å²) >= 11 is 0. The van der Waals surface area contributed by atoms with Gasteiger partial charge in [0.2, 0.25) is 5.91 Å². The number of fused-ring (bicyclic) bond motifs is 1. The SMILES string of the molecule is CC(=O)N1N=C(c2c(C)nc3ccccc3c2-c2ccccc2)CC1c1cccc(C)c1. The standard InChI is InChI=1S/C28H25N3O/c1-18-10-9-13-22(16-18)26-17-25(30-31(26)20(3)32)27-19(2)29-24-15-8-7-14-23(24)28(27)21-11-5-4-6-12-21/h4-16,26H,17H2,1-3H3. The largest absolute Gasteiger partial charge is 0.273 e. The lowest BCUT2D eigenvalue weighted by Crippen LogP contribution is -2.24. The maximum absolute atomic E-state index is 12.5. The first-order valence-electron chi connectivity index (χ1n) is 10.9. The van der Waals surface area contributed by atoms with Crippen LogP contribution in [0.5, 0.6) is 0 Å². The Hall–Kier alpha value is -3.79. The minimum atomic E-state index is -0.114. The van der Waals surface area contributed by atoms with Crippen LogP contribution in [0.4, 0.5) is 0 Å². The van der Waals surface area contributed by atoms with Crippen LogP contribution in [-0.4, -0.2) is 21.6 Å². The smallest absolute Gasteiger partial charge is 0.240 e. The predicted molar refractivity (Wildman–Crippen MR) is 130 cm³/mol. The molecule has 4 aromatic rings. The second-order valence-corrected chi connectivity index (χ2v) is 8.37. The number of hydrazone groups is 1. The van der Waals surface area contributed by atoms with E-state index in [9.17, 15) is 4.79 Å². The molecular formula is C28H25N3O. The number of aromatic nitrogens is 1. The molecule has 0 fully saturated rings. The summed E-state index contributed by atoms with van der Waals surface area (Å²) in [4.78, 5) is 17.5. The molecule has 4 nitrogen and oxygen atoms in total. The summed E-state index contributed by atoms with van der Waals surface area (Å²) in [6, 6.07) is 26.8. The highest BCUT2D eigenvalue weighted by molar-refractivity contribution is 6.13. The van der Waals surface area contributed by atoms with Crippen LogP contribution < -0.4 is 0 Å². The van der Waals surface area contributed by atoms with E-state index in [2.05, 4.69) is 55.5 Å². The van der Waals surface area contributed by atoms with Crippen molar-refractivity contribution in [2.24, 2.45) is 5.10 Å². The van der Waals surface area contributed by atoms with Gasteiger partial charge in [-0.25, -0.2) is 5.01 Å². The Labute approximate surface area is 188 Å². The second kappa shape index (κ2) is 8.04. The van der Waals surface area contributed by atoms with Crippen molar-refractivity contribution in [3.63, 3.8) is 0 Å². The topological polar surface area (TPSA) is 45.6 Å². The average Bonchev–Trinajstić information content (AvgIpc) is 3.24. The third-order valence-corrected chi connectivity index (χ3v) is 6.08. The van der Waals surface area contributed by atoms with Gasteiger partial charge in [0.1, 0.15) is 0 Å². The molecule has 0 saturated carbocycles. The molecule has 0 spiro atoms. The molecule has 4 heteroatoms. The fourth-order valence-corrected chi connectivity index (χ4v) is 4.68. The zero-order valence-electron chi connectivity index (χ0n) is 18.5. The first kappa shape index (κ1) is 20.1. The van der Waals surface area contributed by atoms with Gasteiger partial charge in [0, 0.05) is 35.6 Å². The number of para-hydroxylation sites is 1. The summed E-state index contributed by atoms with van der Waals surface area (Å²) in [5.74, 6) is -0.0563. The fourth-order valence-electron chi connectivity index (χ4n) is 4.68. The Morgan fingerprint density at radius 1 is 0.906 bits per heavy atom. The van der Waals surface area contributed by atoms with Crippen molar-refractivity contribution in [2.45, 2.75) is 33.2 Å². The van der Waals surface area contributed by atoms with Gasteiger partial charge in [-0.15, -0.1) is 0 Å². The lowest BCUT2D eigenvalue weighted by atomic mass is 9.89. The number of aryl methyl sites for hydroxylation is 2. The van der Waals surface area contributed by atoms with Crippen molar-refractivity contribution >= 4 is 22.5 Å². The number of benzene rings is 3. The van der Waals surface area contributed by atoms with Gasteiger partial charge in [0.25, 0.3) is 0 Å². The third-order valence-electron chi connectivity index (χ3n) is 6.08. The third kappa shape index (κ3) is 3.48. The number of carbonyl (C=O) groups is 1. The molecule has 0 saturated heterocycles. The van der Waals surface area contributed by atoms with Crippen LogP contribution >= 0.6 is 0 Å². The lowest BCUT2D eigenvalue weighted by Gasteiger charge is -2.20. The summed E-state index contributed by atoms with van der Waals surface area (Å²) < 4.78 is 0. The van der Waals surface area contributed by atoms with E-state index in [4.69, 9.17) is 10.1 Å². The highest BCUT2D eigenvalue weighted by Crippen LogP contribution is 2.39. The molecule has 1 aromatic heterocycles. The summed E-state index contributed by atoms with van der Waals surface area (Å²) in [5, 5.41) is 7.58. The zero-order valence-corrected chi connectivity index (χ0v) is 18.5. The molecule has 3 aromatic carbocycles. The van der Waals surface area contributed by atoms with Crippen molar-refractivity contribution in [3.05, 3.63) is 101 Å². The van der Waals surface area contributed by atoms with Crippen molar-refractivity contribution < 1.29 is 4.79 Å². The number of rotatable bonds is 3. The summed E-state index contributed by atoms with van der Waals surface area (Å²) in [6.45, 7) is 5.69. The predicted octanol–water partition coefficient (Wildman–Crippen LogP) is 6.22. The molecule has 158 valence electrons. The number of amides is 1. The number of nitrogens with zero attached hydrogens (tertiary/aromatic N) is 3. The Morgan fingerprint density at radius 2 is 1.66 bits per heavy atom. The van der Waals surface area contributed by atoms with Gasteiger partial charge in [-0.05, 0) is 31.0 Å². The molecule has 0 radical (unpaired) electrons. The Balaban J connectivity index is 1.72. The minimum absolute atomic E-state index is 0.0563. The van der Waals surface area contributed by atoms with Crippen LogP contribution in [0.3, 0.4) is 0 Å². The normalized spacial score (nSPS) is 15.8. The van der Waals surface area contributed by atoms with E-state index < -0.39 is 0 Å². The van der Waals surface area contributed by atoms with Gasteiger partial charge in [-0.1, -0.05) is 78.4 Å². The number of carbonyl (C=O) groups excluding carboxylic acids is 1. The van der Waals surface area contributed by atoms with Gasteiger partial charge in [0.15, 0.2) is 0 Å². The van der Waals surface area contributed by atoms with Gasteiger partial charge in [0.05, 0.1) is 17.3 Å². The second-order valence-electron chi connectivity index (χ2n) is 8.37. The number of pyridine rings is 1. The molecule has 32 heavy (non-hydrogen) atoms. The number of hydrogen-bond acceptors (Lipinski definition) is 3. The summed E-state index contributed by atoms with van der Waals surface area (Å²) in [5.41, 5.74) is 8.35. The van der Waals surface area contributed by atoms with E-state index >= 15 is 0 Å². The van der Waals surface area contributed by atoms with E-state index in [1.807, 2.05) is 37.3 Å². The molecule has 0 aliphatic carbocycles. The monoisotopic (exact) mass is 419 g/mol. The van der Waals surface area contributed by atoms with Gasteiger partial charge < -0.3 is 0 Å². The van der Waals surface area contributed by atoms with E-state index in [-0.39, 0.29) is 11.9 Å². The molecule has 1 aliphatic rings. The van der Waals surface area contributed by atoms with Gasteiger partial charge >= 0.3 is 0 Å². The zero-order chi connectivity index (χ0) is 22.2. The lowest BCUT2D eigenvalue weighted by molar-refractivity contribution is -0.130. The first-order valence-corrected chi connectivity index (χ1v) is 10.9. The van der Waals surface area contributed by atoms with Crippen LogP contribution in [0.1, 0.15) is 41.8 Å². The Bertz CT molecular complexity index is 1360. The molecule has 1 amide bonds. The molecular weight excluding hydrogens is 394 g/mol. The summed E-state index contributed by atoms with van der Waals surface area (Å²) in [7, 11) is 0. The van der Waals surface area contributed by atoms with Gasteiger partial charge in [-0.2, -0.15) is 5.10 Å². The quantitative estimate of drug-likeness (QED) is 0.396. The molecule has 1 unspecified atom stereocenters. The van der Waals surface area contributed by atoms with E-state index in [1.165, 1.54) is 5.56 Å². The fraction of sp³-hybridized carbons (Fsp3) is 0.179. The molecule has 0 bridgehead atoms. The Morgan fingerprint density at radius 3 is 2.41 bits per heavy atom. The molecule has 5 rings (SSSR count). The van der Waals surface area contributed by atoms with Crippen LogP contribution in [-0.2, 0) is 4.79 Å².